The van der Waals surface area contributed by atoms with E-state index in [2.05, 4.69) is 34.7 Å². The molecular formula is C14H14N2O. The summed E-state index contributed by atoms with van der Waals surface area (Å²) in [6.07, 6.45) is 0. The quantitative estimate of drug-likeness (QED) is 0.739. The van der Waals surface area contributed by atoms with Gasteiger partial charge in [-0.05, 0) is 25.0 Å². The predicted octanol–water partition coefficient (Wildman–Crippen LogP) is 1.76. The number of nitrogens with one attached hydrogen (secondary N) is 1. The van der Waals surface area contributed by atoms with Gasteiger partial charge in [0.2, 0.25) is 0 Å². The van der Waals surface area contributed by atoms with E-state index in [0.717, 1.165) is 23.1 Å². The van der Waals surface area contributed by atoms with Crippen molar-refractivity contribution in [1.82, 2.24) is 9.88 Å². The lowest BCUT2D eigenvalue weighted by Crippen LogP contribution is -2.14. The molecule has 0 aliphatic carbocycles. The number of fused-ring (bicyclic) bond motifs is 1. The van der Waals surface area contributed by atoms with E-state index in [-0.39, 0.29) is 5.91 Å². The van der Waals surface area contributed by atoms with Gasteiger partial charge in [-0.2, -0.15) is 0 Å². The average molecular weight is 226 g/mol. The van der Waals surface area contributed by atoms with Gasteiger partial charge in [-0.25, -0.2) is 0 Å². The maximum absolute atomic E-state index is 11.1. The summed E-state index contributed by atoms with van der Waals surface area (Å²) in [4.78, 5) is 11.1. The molecule has 2 rings (SSSR count). The lowest BCUT2D eigenvalue weighted by molar-refractivity contribution is -0.115. The summed E-state index contributed by atoms with van der Waals surface area (Å²) in [5.41, 5.74) is 2.02. The first-order chi connectivity index (χ1) is 8.26. The summed E-state index contributed by atoms with van der Waals surface area (Å²) in [6.45, 7) is 2.91. The smallest absolute Gasteiger partial charge is 0.296 e. The van der Waals surface area contributed by atoms with Crippen molar-refractivity contribution in [2.24, 2.45) is 0 Å². The Labute approximate surface area is 100 Å². The van der Waals surface area contributed by atoms with E-state index in [1.807, 2.05) is 24.3 Å². The highest BCUT2D eigenvalue weighted by Gasteiger charge is 2.04. The molecule has 2 aromatic rings. The second-order valence-electron chi connectivity index (χ2n) is 3.66. The second kappa shape index (κ2) is 4.75. The van der Waals surface area contributed by atoms with Gasteiger partial charge in [0, 0.05) is 30.4 Å². The van der Waals surface area contributed by atoms with E-state index < -0.39 is 0 Å². The summed E-state index contributed by atoms with van der Waals surface area (Å²) in [5.74, 6) is 5.20. The van der Waals surface area contributed by atoms with Gasteiger partial charge in [-0.15, -0.1) is 0 Å². The van der Waals surface area contributed by atoms with Crippen molar-refractivity contribution in [2.45, 2.75) is 13.5 Å². The van der Waals surface area contributed by atoms with E-state index in [9.17, 15) is 4.79 Å². The Balaban J connectivity index is 2.53. The van der Waals surface area contributed by atoms with Crippen LogP contribution in [0.2, 0.25) is 0 Å². The van der Waals surface area contributed by atoms with Crippen molar-refractivity contribution in [3.8, 4) is 11.8 Å². The Kier molecular flexibility index (Phi) is 3.15. The minimum absolute atomic E-state index is 0.266. The molecule has 0 unspecified atom stereocenters. The lowest BCUT2D eigenvalue weighted by atomic mass is 10.2. The van der Waals surface area contributed by atoms with Gasteiger partial charge in [-0.1, -0.05) is 18.2 Å². The summed E-state index contributed by atoms with van der Waals surface area (Å²) in [7, 11) is 1.58. The first-order valence-electron chi connectivity index (χ1n) is 5.58. The second-order valence-corrected chi connectivity index (χ2v) is 3.66. The molecule has 0 saturated carbocycles. The number of para-hydroxylation sites is 1. The van der Waals surface area contributed by atoms with Gasteiger partial charge in [-0.3, -0.25) is 4.79 Å². The van der Waals surface area contributed by atoms with Gasteiger partial charge >= 0.3 is 0 Å². The monoisotopic (exact) mass is 226 g/mol. The summed E-state index contributed by atoms with van der Waals surface area (Å²) in [5, 5.41) is 3.63. The number of amides is 1. The summed E-state index contributed by atoms with van der Waals surface area (Å²) in [6, 6.07) is 10.1. The number of aryl methyl sites for hydroxylation is 1. The average Bonchev–Trinajstić information content (AvgIpc) is 2.73. The molecule has 0 saturated heterocycles. The molecule has 0 aliphatic rings. The number of benzene rings is 1. The zero-order chi connectivity index (χ0) is 12.3. The van der Waals surface area contributed by atoms with Crippen LogP contribution in [0.15, 0.2) is 30.3 Å². The molecule has 1 N–H and O–H groups in total. The number of rotatable bonds is 1. The van der Waals surface area contributed by atoms with Gasteiger partial charge in [0.05, 0.1) is 5.69 Å². The van der Waals surface area contributed by atoms with Crippen molar-refractivity contribution in [1.29, 1.82) is 0 Å². The topological polar surface area (TPSA) is 34.0 Å². The van der Waals surface area contributed by atoms with Crippen LogP contribution in [0, 0.1) is 11.8 Å². The fourth-order valence-corrected chi connectivity index (χ4v) is 1.84. The molecule has 1 heterocycles. The van der Waals surface area contributed by atoms with Crippen LogP contribution in [-0.4, -0.2) is 17.5 Å². The van der Waals surface area contributed by atoms with Crippen LogP contribution in [0.3, 0.4) is 0 Å². The van der Waals surface area contributed by atoms with E-state index in [1.54, 1.807) is 7.05 Å². The Morgan fingerprint density at radius 1 is 1.41 bits per heavy atom. The maximum Gasteiger partial charge on any atom is 0.296 e. The highest BCUT2D eigenvalue weighted by molar-refractivity contribution is 5.94. The van der Waals surface area contributed by atoms with Crippen molar-refractivity contribution in [3.05, 3.63) is 36.0 Å². The zero-order valence-electron chi connectivity index (χ0n) is 9.95. The van der Waals surface area contributed by atoms with Crippen molar-refractivity contribution in [3.63, 3.8) is 0 Å². The van der Waals surface area contributed by atoms with Crippen LogP contribution in [-0.2, 0) is 11.3 Å². The maximum atomic E-state index is 11.1. The van der Waals surface area contributed by atoms with Gasteiger partial charge in [0.25, 0.3) is 5.91 Å². The van der Waals surface area contributed by atoms with Crippen molar-refractivity contribution in [2.75, 3.05) is 7.05 Å². The van der Waals surface area contributed by atoms with Crippen LogP contribution >= 0.6 is 0 Å². The highest BCUT2D eigenvalue weighted by Crippen LogP contribution is 2.18. The molecule has 0 bridgehead atoms. The molecule has 3 heteroatoms. The largest absolute Gasteiger partial charge is 0.348 e. The lowest BCUT2D eigenvalue weighted by Gasteiger charge is -2.02. The van der Waals surface area contributed by atoms with Crippen molar-refractivity contribution < 1.29 is 4.79 Å². The van der Waals surface area contributed by atoms with Crippen LogP contribution in [0.25, 0.3) is 10.9 Å². The molecule has 1 amide bonds. The van der Waals surface area contributed by atoms with Gasteiger partial charge in [0.1, 0.15) is 0 Å². The molecule has 3 nitrogen and oxygen atoms in total. The minimum atomic E-state index is -0.266. The molecule has 0 fully saturated rings. The van der Waals surface area contributed by atoms with Gasteiger partial charge < -0.3 is 9.88 Å². The third-order valence-electron chi connectivity index (χ3n) is 2.66. The molecule has 0 aliphatic heterocycles. The fraction of sp³-hybridized carbons (Fsp3) is 0.214. The Morgan fingerprint density at radius 3 is 2.88 bits per heavy atom. The van der Waals surface area contributed by atoms with E-state index in [1.165, 1.54) is 0 Å². The SMILES string of the molecule is CCn1c(C#CC(=O)NC)cc2ccccc21. The number of nitrogens with zero attached hydrogens (tertiary/aromatic N) is 1. The molecule has 0 atom stereocenters. The first-order valence-corrected chi connectivity index (χ1v) is 5.58. The first kappa shape index (κ1) is 11.3. The molecule has 86 valence electrons. The molecular weight excluding hydrogens is 212 g/mol. The standard InChI is InChI=1S/C14H14N2O/c1-3-16-12(8-9-14(17)15-2)10-11-6-4-5-7-13(11)16/h4-7,10H,3H2,1-2H3,(H,15,17). The Bertz CT molecular complexity index is 614. The van der Waals surface area contributed by atoms with E-state index >= 15 is 0 Å². The number of carbonyl (C=O) groups excluding carboxylic acids is 1. The van der Waals surface area contributed by atoms with Gasteiger partial charge in [0.15, 0.2) is 0 Å². The predicted molar refractivity (Wildman–Crippen MR) is 68.6 cm³/mol. The van der Waals surface area contributed by atoms with Crippen LogP contribution in [0.1, 0.15) is 12.6 Å². The third kappa shape index (κ3) is 2.16. The highest BCUT2D eigenvalue weighted by atomic mass is 16.1. The Morgan fingerprint density at radius 2 is 2.18 bits per heavy atom. The van der Waals surface area contributed by atoms with E-state index in [0.29, 0.717) is 0 Å². The molecule has 1 aromatic heterocycles. The molecule has 0 spiro atoms. The third-order valence-corrected chi connectivity index (χ3v) is 2.66. The van der Waals surface area contributed by atoms with Crippen molar-refractivity contribution >= 4 is 16.8 Å². The number of aromatic nitrogens is 1. The molecule has 17 heavy (non-hydrogen) atoms. The fourth-order valence-electron chi connectivity index (χ4n) is 1.84. The summed E-state index contributed by atoms with van der Waals surface area (Å²) < 4.78 is 2.10. The molecule has 1 aromatic carbocycles. The summed E-state index contributed by atoms with van der Waals surface area (Å²) >= 11 is 0. The number of carbonyl (C=O) groups is 1. The molecule has 0 radical (unpaired) electrons. The Hall–Kier alpha value is -2.21. The van der Waals surface area contributed by atoms with E-state index in [4.69, 9.17) is 0 Å². The van der Waals surface area contributed by atoms with Crippen LogP contribution < -0.4 is 5.32 Å². The number of hydrogen-bond acceptors (Lipinski definition) is 1. The normalized spacial score (nSPS) is 9.76. The number of hydrogen-bond donors (Lipinski definition) is 1. The minimum Gasteiger partial charge on any atom is -0.348 e. The van der Waals surface area contributed by atoms with Crippen LogP contribution in [0.4, 0.5) is 0 Å². The van der Waals surface area contributed by atoms with Crippen LogP contribution in [0.5, 0.6) is 0 Å². The zero-order valence-corrected chi connectivity index (χ0v) is 9.95.